The summed E-state index contributed by atoms with van der Waals surface area (Å²) >= 11 is 0. The van der Waals surface area contributed by atoms with E-state index < -0.39 is 11.9 Å². The average molecular weight is 768 g/mol. The van der Waals surface area contributed by atoms with Crippen molar-refractivity contribution in [2.24, 2.45) is 0 Å². The fourth-order valence-corrected chi connectivity index (χ4v) is 0. The topological polar surface area (TPSA) is 74.6 Å². The van der Waals surface area contributed by atoms with Crippen molar-refractivity contribution in [2.75, 3.05) is 0 Å². The minimum atomic E-state index is -0.833. The van der Waals surface area contributed by atoms with Crippen LogP contribution in [0.5, 0.6) is 0 Å². The van der Waals surface area contributed by atoms with Crippen LogP contribution in [0.15, 0.2) is 0 Å². The van der Waals surface area contributed by atoms with Gasteiger partial charge in [0.05, 0.1) is 0 Å². The number of hydrogen-bond acceptors (Lipinski definition) is 2. The van der Waals surface area contributed by atoms with Gasteiger partial charge in [0.1, 0.15) is 0 Å². The molecule has 0 spiro atoms. The molecule has 0 saturated heterocycles. The molecule has 0 fully saturated rings. The number of carboxylic acid groups (broad SMARTS) is 2. The van der Waals surface area contributed by atoms with Gasteiger partial charge in [0.15, 0.2) is 0 Å². The Hall–Kier alpha value is 25.9. The molecule has 31 heteroatoms. The Bertz CT molecular complexity index is 154. The molecule has 0 heterocycles. The van der Waals surface area contributed by atoms with Gasteiger partial charge in [-0.3, -0.25) is 9.59 Å². The third kappa shape index (κ3) is 299. The largest absolute Gasteiger partial charge is 1.00 e. The third-order valence-electron chi connectivity index (χ3n) is 0. The maximum atomic E-state index is 9.00. The van der Waals surface area contributed by atoms with E-state index in [9.17, 15) is 0 Å². The van der Waals surface area contributed by atoms with Crippen molar-refractivity contribution in [2.45, 2.75) is 13.8 Å². The fraction of sp³-hybridized carbons (Fsp3) is 0.500. The molecule has 0 aromatic heterocycles. The van der Waals surface area contributed by atoms with Crippen molar-refractivity contribution < 1.29 is 856 Å². The molecule has 0 aromatic rings. The third-order valence-corrected chi connectivity index (χ3v) is 0. The quantitative estimate of drug-likeness (QED) is 0.241. The molecule has 0 aromatic carbocycles. The summed E-state index contributed by atoms with van der Waals surface area (Å²) in [5.74, 6) is -1.67. The molecule has 0 aliphatic carbocycles. The second-order valence-corrected chi connectivity index (χ2v) is 1.04. The summed E-state index contributed by atoms with van der Waals surface area (Å²) in [6, 6.07) is 0. The summed E-state index contributed by atoms with van der Waals surface area (Å²) in [7, 11) is 0. The van der Waals surface area contributed by atoms with Crippen molar-refractivity contribution in [3.8, 4) is 0 Å². The Labute approximate surface area is 854 Å². The van der Waals surface area contributed by atoms with Gasteiger partial charge in [-0.1, -0.05) is 0 Å². The van der Waals surface area contributed by atoms with Crippen LogP contribution in [0, 0.1) is 0 Å². The van der Waals surface area contributed by atoms with Crippen molar-refractivity contribution in [3.05, 3.63) is 0 Å². The number of rotatable bonds is 0. The van der Waals surface area contributed by atoms with Crippen molar-refractivity contribution in [1.82, 2.24) is 0 Å². The van der Waals surface area contributed by atoms with Gasteiger partial charge >= 0.3 is 798 Å². The predicted octanol–water partition coefficient (Wildman–Crippen LogP) is -77.7. The van der Waals surface area contributed by atoms with Crippen LogP contribution in [0.25, 0.3) is 0 Å². The first-order chi connectivity index (χ1) is 3.46. The monoisotopic (exact) mass is 768 g/mol. The molecule has 0 aliphatic heterocycles. The molecular weight excluding hydrogens is 733 g/mol. The molecule has 0 bridgehead atoms. The molecule has 35 heavy (non-hydrogen) atoms. The smallest absolute Gasteiger partial charge is 1.00 e. The summed E-state index contributed by atoms with van der Waals surface area (Å²) in [5.41, 5.74) is 0. The zero-order valence-electron chi connectivity index (χ0n) is 58.7. The van der Waals surface area contributed by atoms with Crippen LogP contribution in [0.3, 0.4) is 0 Å². The van der Waals surface area contributed by atoms with Gasteiger partial charge in [0.2, 0.25) is 0 Å². The second-order valence-electron chi connectivity index (χ2n) is 1.04. The molecule has 0 unspecified atom stereocenters. The van der Waals surface area contributed by atoms with E-state index in [1.807, 2.05) is 0 Å². The first kappa shape index (κ1) is 215. The molecule has 0 saturated carbocycles. The number of carboxylic acids is 2. The van der Waals surface area contributed by atoms with Crippen LogP contribution in [0.4, 0.5) is 0 Å². The molecule has 0 rings (SSSR count). The molecule has 2 N–H and O–H groups in total. The first-order valence-electron chi connectivity index (χ1n) is 1.86. The number of hydrogen-bond donors (Lipinski definition) is 2. The van der Waals surface area contributed by atoms with Crippen LogP contribution in [-0.4, -0.2) is 22.2 Å². The standard InChI is InChI=1S/2C2H4O2.27Na.27H/c2*1-2(3)4;;;;;;;;;;;;;;;;;;;;;;;;;;;;;;;;;;;;;;;;;;;;;;;;;;;;;;/h2*1H3,(H,3,4);;;;;;;;;;;;;;;;;;;;;;;;;;;;;;;;;;;;;;;;;;;;;;;;;;;;;;/q;;27*+1;27*-1. The SMILES string of the molecule is CC(=O)O.CC(=O)O.[H-].[H-].[H-].[H-].[H-].[H-].[H-].[H-].[H-].[H-].[H-].[H-].[H-].[H-].[H-].[H-].[H-].[H-].[H-].[H-].[H-].[H-].[H-].[H-].[H-].[H-].[H-].[Na+].[Na+].[Na+].[Na+].[Na+].[Na+].[Na+].[Na+].[Na+].[Na+].[Na+].[Na+].[Na+].[Na+].[Na+].[Na+].[Na+].[Na+].[Na+].[Na+].[Na+].[Na+].[Na+].[Na+].[Na+].[Na+].[Na+]. The molecular formula is C4H35Na27O4. The van der Waals surface area contributed by atoms with Crippen LogP contribution in [-0.2, 0) is 9.59 Å². The van der Waals surface area contributed by atoms with Gasteiger partial charge in [-0.2, -0.15) is 0 Å². The van der Waals surface area contributed by atoms with Gasteiger partial charge in [-0.05, 0) is 0 Å². The molecule has 102 valence electrons. The van der Waals surface area contributed by atoms with E-state index in [1.54, 1.807) is 0 Å². The van der Waals surface area contributed by atoms with Crippen LogP contribution >= 0.6 is 0 Å². The van der Waals surface area contributed by atoms with E-state index in [1.165, 1.54) is 0 Å². The van der Waals surface area contributed by atoms with Crippen molar-refractivity contribution in [3.63, 3.8) is 0 Å². The summed E-state index contributed by atoms with van der Waals surface area (Å²) in [5, 5.41) is 14.8. The summed E-state index contributed by atoms with van der Waals surface area (Å²) in [4.78, 5) is 18.0. The fourth-order valence-electron chi connectivity index (χ4n) is 0. The Morgan fingerprint density at radius 1 is 0.286 bits per heavy atom. The zero-order valence-corrected chi connectivity index (χ0v) is 85.7. The van der Waals surface area contributed by atoms with Gasteiger partial charge in [0, 0.05) is 13.8 Å². The van der Waals surface area contributed by atoms with Gasteiger partial charge in [0.25, 0.3) is 11.9 Å². The summed E-state index contributed by atoms with van der Waals surface area (Å²) in [6.07, 6.45) is 0. The molecule has 0 amide bonds. The predicted molar refractivity (Wildman–Crippen MR) is 56.6 cm³/mol. The van der Waals surface area contributed by atoms with E-state index in [2.05, 4.69) is 0 Å². The van der Waals surface area contributed by atoms with Crippen molar-refractivity contribution in [1.29, 1.82) is 0 Å². The Balaban J connectivity index is -0.000000000115. The van der Waals surface area contributed by atoms with Crippen LogP contribution in [0.2, 0.25) is 0 Å². The second kappa shape index (κ2) is 204. The maximum Gasteiger partial charge on any atom is 1.00 e. The first-order valence-corrected chi connectivity index (χ1v) is 1.86. The summed E-state index contributed by atoms with van der Waals surface area (Å²) in [6.45, 7) is 2.17. The Morgan fingerprint density at radius 3 is 0.286 bits per heavy atom. The van der Waals surface area contributed by atoms with Crippen molar-refractivity contribution >= 4 is 11.9 Å². The van der Waals surface area contributed by atoms with Gasteiger partial charge < -0.3 is 48.7 Å². The van der Waals surface area contributed by atoms with Crippen LogP contribution in [0.1, 0.15) is 52.4 Å². The van der Waals surface area contributed by atoms with E-state index in [0.29, 0.717) is 0 Å². The molecule has 4 nitrogen and oxygen atoms in total. The normalized spacial score (nSPS) is 1.43. The molecule has 0 radical (unpaired) electrons. The minimum Gasteiger partial charge on any atom is -1.00 e. The Kier molecular flexibility index (Phi) is 1250. The van der Waals surface area contributed by atoms with E-state index >= 15 is 0 Å². The van der Waals surface area contributed by atoms with Gasteiger partial charge in [-0.25, -0.2) is 0 Å². The average Bonchev–Trinajstić information content (AvgIpc) is 1.25. The van der Waals surface area contributed by atoms with Gasteiger partial charge in [-0.15, -0.1) is 0 Å². The minimum absolute atomic E-state index is 0. The van der Waals surface area contributed by atoms with E-state index in [4.69, 9.17) is 19.8 Å². The van der Waals surface area contributed by atoms with Crippen LogP contribution < -0.4 is 798 Å². The van der Waals surface area contributed by atoms with E-state index in [0.717, 1.165) is 13.8 Å². The molecule has 0 aliphatic rings. The molecule has 0 atom stereocenters. The maximum absolute atomic E-state index is 9.00. The number of carbonyl (C=O) groups is 2. The van der Waals surface area contributed by atoms with E-state index in [-0.39, 0.29) is 837 Å². The number of aliphatic carboxylic acids is 2. The zero-order chi connectivity index (χ0) is 7.15. The summed E-state index contributed by atoms with van der Waals surface area (Å²) < 4.78 is 0. The Morgan fingerprint density at radius 2 is 0.286 bits per heavy atom.